The maximum atomic E-state index is 12.4. The molecule has 0 atom stereocenters. The third-order valence-electron chi connectivity index (χ3n) is 4.12. The fourth-order valence-electron chi connectivity index (χ4n) is 2.76. The van der Waals surface area contributed by atoms with Crippen LogP contribution in [0.25, 0.3) is 0 Å². The van der Waals surface area contributed by atoms with Crippen molar-refractivity contribution in [3.63, 3.8) is 0 Å². The van der Waals surface area contributed by atoms with Gasteiger partial charge in [0, 0.05) is 26.2 Å². The van der Waals surface area contributed by atoms with Crippen molar-refractivity contribution < 1.29 is 19.8 Å². The van der Waals surface area contributed by atoms with Gasteiger partial charge in [-0.25, -0.2) is 0 Å². The second kappa shape index (κ2) is 6.62. The zero-order valence-electron chi connectivity index (χ0n) is 13.1. The lowest BCUT2D eigenvalue weighted by molar-refractivity contribution is 0.0532. The number of piperazine rings is 1. The molecule has 2 aromatic rings. The molecule has 0 saturated carbocycles. The standard InChI is InChI=1S/C18H18N2O4/c21-15-7-3-1-5-13(15)17(23)19-9-11-20(12-10-19)18(24)14-6-2-4-8-16(14)22/h1-8,21-22H,9-12H2. The van der Waals surface area contributed by atoms with Gasteiger partial charge in [-0.15, -0.1) is 0 Å². The topological polar surface area (TPSA) is 81.1 Å². The second-order valence-electron chi connectivity index (χ2n) is 5.62. The number of amides is 2. The van der Waals surface area contributed by atoms with Gasteiger partial charge in [0.15, 0.2) is 0 Å². The van der Waals surface area contributed by atoms with Gasteiger partial charge in [-0.05, 0) is 24.3 Å². The molecule has 1 aliphatic rings. The molecule has 0 spiro atoms. The van der Waals surface area contributed by atoms with Crippen LogP contribution in [-0.4, -0.2) is 58.0 Å². The maximum Gasteiger partial charge on any atom is 0.257 e. The lowest BCUT2D eigenvalue weighted by Crippen LogP contribution is -2.50. The summed E-state index contributed by atoms with van der Waals surface area (Å²) < 4.78 is 0. The van der Waals surface area contributed by atoms with E-state index in [0.717, 1.165) is 0 Å². The van der Waals surface area contributed by atoms with Gasteiger partial charge in [0.2, 0.25) is 0 Å². The summed E-state index contributed by atoms with van der Waals surface area (Å²) in [6.07, 6.45) is 0. The quantitative estimate of drug-likeness (QED) is 0.880. The summed E-state index contributed by atoms with van der Waals surface area (Å²) in [4.78, 5) is 28.1. The summed E-state index contributed by atoms with van der Waals surface area (Å²) in [6.45, 7) is 1.53. The molecule has 0 aromatic heterocycles. The minimum atomic E-state index is -0.247. The van der Waals surface area contributed by atoms with Gasteiger partial charge in [0.05, 0.1) is 11.1 Å². The van der Waals surface area contributed by atoms with E-state index in [9.17, 15) is 19.8 Å². The Bertz CT molecular complexity index is 702. The molecule has 124 valence electrons. The van der Waals surface area contributed by atoms with Crippen molar-refractivity contribution >= 4 is 11.8 Å². The highest BCUT2D eigenvalue weighted by Crippen LogP contribution is 2.21. The first-order chi connectivity index (χ1) is 11.6. The number of hydrogen-bond acceptors (Lipinski definition) is 4. The Morgan fingerprint density at radius 2 is 1.00 bits per heavy atom. The monoisotopic (exact) mass is 326 g/mol. The summed E-state index contributed by atoms with van der Waals surface area (Å²) in [7, 11) is 0. The summed E-state index contributed by atoms with van der Waals surface area (Å²) in [6, 6.07) is 12.8. The number of nitrogens with zero attached hydrogens (tertiary/aromatic N) is 2. The Morgan fingerprint density at radius 3 is 1.33 bits per heavy atom. The van der Waals surface area contributed by atoms with Crippen molar-refractivity contribution in [1.29, 1.82) is 0 Å². The predicted octanol–water partition coefficient (Wildman–Crippen LogP) is 1.70. The van der Waals surface area contributed by atoms with Crippen LogP contribution in [0.2, 0.25) is 0 Å². The van der Waals surface area contributed by atoms with E-state index in [4.69, 9.17) is 0 Å². The van der Waals surface area contributed by atoms with Crippen molar-refractivity contribution in [2.75, 3.05) is 26.2 Å². The minimum absolute atomic E-state index is 0.0461. The van der Waals surface area contributed by atoms with Crippen molar-refractivity contribution in [2.45, 2.75) is 0 Å². The van der Waals surface area contributed by atoms with Crippen LogP contribution in [0.5, 0.6) is 11.5 Å². The first kappa shape index (κ1) is 15.9. The smallest absolute Gasteiger partial charge is 0.257 e. The Morgan fingerprint density at radius 1 is 0.667 bits per heavy atom. The van der Waals surface area contributed by atoms with Gasteiger partial charge in [-0.3, -0.25) is 9.59 Å². The first-order valence-electron chi connectivity index (χ1n) is 7.72. The SMILES string of the molecule is O=C(c1ccccc1O)N1CCN(C(=O)c2ccccc2O)CC1. The average Bonchev–Trinajstić information content (AvgIpc) is 2.61. The maximum absolute atomic E-state index is 12.4. The van der Waals surface area contributed by atoms with Crippen LogP contribution < -0.4 is 0 Å². The molecular weight excluding hydrogens is 308 g/mol. The number of carbonyl (C=O) groups is 2. The Labute approximate surface area is 139 Å². The molecule has 0 unspecified atom stereocenters. The fourth-order valence-corrected chi connectivity index (χ4v) is 2.76. The average molecular weight is 326 g/mol. The van der Waals surface area contributed by atoms with E-state index in [1.807, 2.05) is 0 Å². The van der Waals surface area contributed by atoms with Crippen LogP contribution in [0.4, 0.5) is 0 Å². The van der Waals surface area contributed by atoms with Gasteiger partial charge < -0.3 is 20.0 Å². The lowest BCUT2D eigenvalue weighted by Gasteiger charge is -2.35. The van der Waals surface area contributed by atoms with Crippen molar-refractivity contribution in [3.8, 4) is 11.5 Å². The molecular formula is C18H18N2O4. The molecule has 1 aliphatic heterocycles. The molecule has 0 aliphatic carbocycles. The summed E-state index contributed by atoms with van der Waals surface area (Å²) in [5, 5.41) is 19.6. The molecule has 6 nitrogen and oxygen atoms in total. The van der Waals surface area contributed by atoms with Crippen LogP contribution in [-0.2, 0) is 0 Å². The zero-order chi connectivity index (χ0) is 17.1. The molecule has 0 bridgehead atoms. The lowest BCUT2D eigenvalue weighted by atomic mass is 10.1. The second-order valence-corrected chi connectivity index (χ2v) is 5.62. The van der Waals surface area contributed by atoms with Gasteiger partial charge in [0.1, 0.15) is 11.5 Å². The summed E-state index contributed by atoms with van der Waals surface area (Å²) >= 11 is 0. The molecule has 6 heteroatoms. The zero-order valence-corrected chi connectivity index (χ0v) is 13.1. The number of rotatable bonds is 2. The minimum Gasteiger partial charge on any atom is -0.507 e. The third-order valence-corrected chi connectivity index (χ3v) is 4.12. The Hall–Kier alpha value is -3.02. The van der Waals surface area contributed by atoms with Gasteiger partial charge in [-0.1, -0.05) is 24.3 Å². The van der Waals surface area contributed by atoms with Crippen LogP contribution in [0.1, 0.15) is 20.7 Å². The number of aromatic hydroxyl groups is 2. The summed E-state index contributed by atoms with van der Waals surface area (Å²) in [5.41, 5.74) is 0.524. The molecule has 2 amide bonds. The molecule has 3 rings (SSSR count). The van der Waals surface area contributed by atoms with E-state index in [0.29, 0.717) is 26.2 Å². The van der Waals surface area contributed by atoms with E-state index in [-0.39, 0.29) is 34.4 Å². The van der Waals surface area contributed by atoms with E-state index in [2.05, 4.69) is 0 Å². The van der Waals surface area contributed by atoms with Crippen molar-refractivity contribution in [3.05, 3.63) is 59.7 Å². The fraction of sp³-hybridized carbons (Fsp3) is 0.222. The molecule has 24 heavy (non-hydrogen) atoms. The van der Waals surface area contributed by atoms with Gasteiger partial charge in [0.25, 0.3) is 11.8 Å². The number of carbonyl (C=O) groups excluding carboxylic acids is 2. The van der Waals surface area contributed by atoms with Crippen LogP contribution >= 0.6 is 0 Å². The summed E-state index contributed by atoms with van der Waals surface area (Å²) in [5.74, 6) is -0.587. The molecule has 2 N–H and O–H groups in total. The molecule has 1 heterocycles. The number of benzene rings is 2. The van der Waals surface area contributed by atoms with Crippen LogP contribution in [0.3, 0.4) is 0 Å². The van der Waals surface area contributed by atoms with Crippen molar-refractivity contribution in [1.82, 2.24) is 9.80 Å². The molecule has 0 radical (unpaired) electrons. The van der Waals surface area contributed by atoms with Gasteiger partial charge >= 0.3 is 0 Å². The van der Waals surface area contributed by atoms with E-state index < -0.39 is 0 Å². The highest BCUT2D eigenvalue weighted by Gasteiger charge is 2.27. The first-order valence-corrected chi connectivity index (χ1v) is 7.72. The highest BCUT2D eigenvalue weighted by atomic mass is 16.3. The highest BCUT2D eigenvalue weighted by molar-refractivity contribution is 5.98. The molecule has 1 saturated heterocycles. The normalized spacial score (nSPS) is 14.5. The number of para-hydroxylation sites is 2. The van der Waals surface area contributed by atoms with E-state index >= 15 is 0 Å². The number of phenols is 2. The van der Waals surface area contributed by atoms with E-state index in [1.54, 1.807) is 46.2 Å². The van der Waals surface area contributed by atoms with Gasteiger partial charge in [-0.2, -0.15) is 0 Å². The van der Waals surface area contributed by atoms with E-state index in [1.165, 1.54) is 12.1 Å². The predicted molar refractivity (Wildman–Crippen MR) is 88.0 cm³/mol. The van der Waals surface area contributed by atoms with Crippen LogP contribution in [0, 0.1) is 0 Å². The van der Waals surface area contributed by atoms with Crippen LogP contribution in [0.15, 0.2) is 48.5 Å². The molecule has 1 fully saturated rings. The number of hydrogen-bond donors (Lipinski definition) is 2. The number of phenolic OH excluding ortho intramolecular Hbond substituents is 2. The van der Waals surface area contributed by atoms with Crippen molar-refractivity contribution in [2.24, 2.45) is 0 Å². The molecule has 2 aromatic carbocycles. The third kappa shape index (κ3) is 3.03. The largest absolute Gasteiger partial charge is 0.507 e. The Balaban J connectivity index is 1.66. The Kier molecular flexibility index (Phi) is 4.37.